The molecule has 0 bridgehead atoms. The molecule has 0 aliphatic carbocycles. The van der Waals surface area contributed by atoms with E-state index >= 15 is 0 Å². The average molecular weight is 186 g/mol. The van der Waals surface area contributed by atoms with Crippen LogP contribution >= 0.6 is 0 Å². The number of nitrogens with zero attached hydrogens (tertiary/aromatic N) is 1. The van der Waals surface area contributed by atoms with Crippen LogP contribution in [0.5, 0.6) is 0 Å². The van der Waals surface area contributed by atoms with E-state index in [-0.39, 0.29) is 11.8 Å². The van der Waals surface area contributed by atoms with Gasteiger partial charge < -0.3 is 10.1 Å². The summed E-state index contributed by atoms with van der Waals surface area (Å²) in [5.74, 6) is 0.146. The standard InChI is InChI=1S/C9H18N2O2/c1-7(2)8(10-13)9(12)11-5-3-4-6-11/h7-8,10,13H,3-6H2,1-2H3/t8-/m0/s1. The number of hydrogen-bond acceptors (Lipinski definition) is 3. The molecule has 0 aromatic carbocycles. The van der Waals surface area contributed by atoms with Crippen LogP contribution in [0.3, 0.4) is 0 Å². The summed E-state index contributed by atoms with van der Waals surface area (Å²) in [5, 5.41) is 8.83. The van der Waals surface area contributed by atoms with E-state index in [9.17, 15) is 4.79 Å². The Morgan fingerprint density at radius 2 is 1.92 bits per heavy atom. The maximum Gasteiger partial charge on any atom is 0.242 e. The van der Waals surface area contributed by atoms with Crippen LogP contribution in [0.2, 0.25) is 0 Å². The second-order valence-corrected chi connectivity index (χ2v) is 3.88. The van der Waals surface area contributed by atoms with Gasteiger partial charge in [0.25, 0.3) is 0 Å². The molecule has 1 amide bonds. The van der Waals surface area contributed by atoms with Crippen LogP contribution in [-0.4, -0.2) is 35.1 Å². The Morgan fingerprint density at radius 1 is 1.38 bits per heavy atom. The van der Waals surface area contributed by atoms with Crippen LogP contribution < -0.4 is 5.48 Å². The molecule has 0 aromatic heterocycles. The number of rotatable bonds is 3. The highest BCUT2D eigenvalue weighted by Crippen LogP contribution is 2.12. The van der Waals surface area contributed by atoms with Gasteiger partial charge in [-0.25, -0.2) is 0 Å². The largest absolute Gasteiger partial charge is 0.341 e. The van der Waals surface area contributed by atoms with Gasteiger partial charge in [0.1, 0.15) is 6.04 Å². The molecule has 0 spiro atoms. The number of likely N-dealkylation sites (tertiary alicyclic amines) is 1. The minimum Gasteiger partial charge on any atom is -0.341 e. The number of carbonyl (C=O) groups is 1. The maximum atomic E-state index is 11.7. The summed E-state index contributed by atoms with van der Waals surface area (Å²) < 4.78 is 0. The van der Waals surface area contributed by atoms with Crippen molar-refractivity contribution in [1.29, 1.82) is 0 Å². The molecular formula is C9H18N2O2. The van der Waals surface area contributed by atoms with Crippen LogP contribution in [0.15, 0.2) is 0 Å². The molecule has 1 atom stereocenters. The normalized spacial score (nSPS) is 19.5. The summed E-state index contributed by atoms with van der Waals surface area (Å²) in [4.78, 5) is 13.5. The summed E-state index contributed by atoms with van der Waals surface area (Å²) in [6, 6.07) is -0.446. The van der Waals surface area contributed by atoms with E-state index in [2.05, 4.69) is 5.48 Å². The van der Waals surface area contributed by atoms with Crippen molar-refractivity contribution in [2.45, 2.75) is 32.7 Å². The minimum absolute atomic E-state index is 0.0231. The number of nitrogens with one attached hydrogen (secondary N) is 1. The molecule has 1 heterocycles. The molecule has 0 radical (unpaired) electrons. The third-order valence-electron chi connectivity index (χ3n) is 2.49. The smallest absolute Gasteiger partial charge is 0.242 e. The zero-order chi connectivity index (χ0) is 9.84. The van der Waals surface area contributed by atoms with E-state index in [1.165, 1.54) is 0 Å². The van der Waals surface area contributed by atoms with Crippen molar-refractivity contribution in [2.75, 3.05) is 13.1 Å². The molecule has 1 saturated heterocycles. The number of carbonyl (C=O) groups excluding carboxylic acids is 1. The van der Waals surface area contributed by atoms with E-state index in [4.69, 9.17) is 5.21 Å². The molecule has 0 aromatic rings. The van der Waals surface area contributed by atoms with E-state index in [0.29, 0.717) is 0 Å². The topological polar surface area (TPSA) is 52.6 Å². The number of hydrogen-bond donors (Lipinski definition) is 2. The number of hydroxylamine groups is 1. The molecule has 0 unspecified atom stereocenters. The van der Waals surface area contributed by atoms with Crippen molar-refractivity contribution >= 4 is 5.91 Å². The van der Waals surface area contributed by atoms with Gasteiger partial charge in [0, 0.05) is 13.1 Å². The van der Waals surface area contributed by atoms with E-state index < -0.39 is 6.04 Å². The third-order valence-corrected chi connectivity index (χ3v) is 2.49. The van der Waals surface area contributed by atoms with Crippen molar-refractivity contribution in [3.8, 4) is 0 Å². The lowest BCUT2D eigenvalue weighted by molar-refractivity contribution is -0.136. The third kappa shape index (κ3) is 2.42. The Labute approximate surface area is 78.9 Å². The lowest BCUT2D eigenvalue weighted by Crippen LogP contribution is -2.47. The predicted molar refractivity (Wildman–Crippen MR) is 49.4 cm³/mol. The van der Waals surface area contributed by atoms with Crippen LogP contribution in [0.4, 0.5) is 0 Å². The van der Waals surface area contributed by atoms with Crippen molar-refractivity contribution in [3.05, 3.63) is 0 Å². The zero-order valence-corrected chi connectivity index (χ0v) is 8.29. The van der Waals surface area contributed by atoms with Gasteiger partial charge in [-0.05, 0) is 18.8 Å². The minimum atomic E-state index is -0.446. The van der Waals surface area contributed by atoms with Gasteiger partial charge in [-0.3, -0.25) is 4.79 Å². The Balaban J connectivity index is 2.52. The highest BCUT2D eigenvalue weighted by molar-refractivity contribution is 5.82. The lowest BCUT2D eigenvalue weighted by Gasteiger charge is -2.24. The summed E-state index contributed by atoms with van der Waals surface area (Å²) in [5.41, 5.74) is 2.09. The van der Waals surface area contributed by atoms with Gasteiger partial charge in [-0.15, -0.1) is 0 Å². The number of amides is 1. The van der Waals surface area contributed by atoms with E-state index in [1.807, 2.05) is 18.7 Å². The summed E-state index contributed by atoms with van der Waals surface area (Å²) in [6.45, 7) is 5.51. The van der Waals surface area contributed by atoms with Crippen LogP contribution in [0, 0.1) is 5.92 Å². The second kappa shape index (κ2) is 4.58. The van der Waals surface area contributed by atoms with E-state index in [1.54, 1.807) is 0 Å². The summed E-state index contributed by atoms with van der Waals surface area (Å²) in [7, 11) is 0. The first kappa shape index (κ1) is 10.5. The van der Waals surface area contributed by atoms with Crippen molar-refractivity contribution < 1.29 is 10.0 Å². The van der Waals surface area contributed by atoms with Crippen LogP contribution in [-0.2, 0) is 4.79 Å². The average Bonchev–Trinajstić information content (AvgIpc) is 2.56. The molecule has 76 valence electrons. The SMILES string of the molecule is CC(C)[C@H](NO)C(=O)N1CCCC1. The van der Waals surface area contributed by atoms with Gasteiger partial charge in [-0.2, -0.15) is 5.48 Å². The Bertz CT molecular complexity index is 176. The second-order valence-electron chi connectivity index (χ2n) is 3.88. The van der Waals surface area contributed by atoms with Crippen molar-refractivity contribution in [2.24, 2.45) is 5.92 Å². The van der Waals surface area contributed by atoms with Crippen molar-refractivity contribution in [3.63, 3.8) is 0 Å². The fraction of sp³-hybridized carbons (Fsp3) is 0.889. The first-order valence-corrected chi connectivity index (χ1v) is 4.85. The zero-order valence-electron chi connectivity index (χ0n) is 8.29. The highest BCUT2D eigenvalue weighted by atomic mass is 16.5. The Kier molecular flexibility index (Phi) is 3.69. The summed E-state index contributed by atoms with van der Waals surface area (Å²) >= 11 is 0. The molecule has 1 aliphatic rings. The quantitative estimate of drug-likeness (QED) is 0.635. The van der Waals surface area contributed by atoms with Gasteiger partial charge in [0.2, 0.25) is 5.91 Å². The van der Waals surface area contributed by atoms with Crippen molar-refractivity contribution in [1.82, 2.24) is 10.4 Å². The molecule has 1 rings (SSSR count). The van der Waals surface area contributed by atoms with Crippen LogP contribution in [0.25, 0.3) is 0 Å². The molecular weight excluding hydrogens is 168 g/mol. The molecule has 1 fully saturated rings. The monoisotopic (exact) mass is 186 g/mol. The molecule has 4 heteroatoms. The Hall–Kier alpha value is -0.610. The highest BCUT2D eigenvalue weighted by Gasteiger charge is 2.27. The fourth-order valence-corrected chi connectivity index (χ4v) is 1.62. The molecule has 2 N–H and O–H groups in total. The molecule has 0 saturated carbocycles. The Morgan fingerprint density at radius 3 is 2.31 bits per heavy atom. The maximum absolute atomic E-state index is 11.7. The first-order valence-electron chi connectivity index (χ1n) is 4.85. The molecule has 13 heavy (non-hydrogen) atoms. The lowest BCUT2D eigenvalue weighted by atomic mass is 10.0. The fourth-order valence-electron chi connectivity index (χ4n) is 1.62. The van der Waals surface area contributed by atoms with Gasteiger partial charge in [-0.1, -0.05) is 13.8 Å². The molecule has 4 nitrogen and oxygen atoms in total. The van der Waals surface area contributed by atoms with E-state index in [0.717, 1.165) is 25.9 Å². The van der Waals surface area contributed by atoms with Crippen LogP contribution in [0.1, 0.15) is 26.7 Å². The summed E-state index contributed by atoms with van der Waals surface area (Å²) in [6.07, 6.45) is 2.17. The van der Waals surface area contributed by atoms with Gasteiger partial charge in [0.05, 0.1) is 0 Å². The first-order chi connectivity index (χ1) is 6.16. The van der Waals surface area contributed by atoms with Gasteiger partial charge >= 0.3 is 0 Å². The predicted octanol–water partition coefficient (Wildman–Crippen LogP) is 0.612. The molecule has 1 aliphatic heterocycles. The van der Waals surface area contributed by atoms with Gasteiger partial charge in [0.15, 0.2) is 0 Å².